The van der Waals surface area contributed by atoms with E-state index in [4.69, 9.17) is 9.47 Å². The molecular formula is C17H25NO3. The van der Waals surface area contributed by atoms with Gasteiger partial charge in [0.05, 0.1) is 0 Å². The number of fused-ring (bicyclic) bond motifs is 1. The van der Waals surface area contributed by atoms with Crippen LogP contribution in [0.4, 0.5) is 4.79 Å². The van der Waals surface area contributed by atoms with Crippen molar-refractivity contribution in [1.82, 2.24) is 4.90 Å². The summed E-state index contributed by atoms with van der Waals surface area (Å²) in [5.41, 5.74) is 2.06. The van der Waals surface area contributed by atoms with Crippen molar-refractivity contribution in [2.45, 2.75) is 52.2 Å². The first-order valence-corrected chi connectivity index (χ1v) is 7.50. The summed E-state index contributed by atoms with van der Waals surface area (Å²) < 4.78 is 10.5. The van der Waals surface area contributed by atoms with Crippen LogP contribution in [0.1, 0.15) is 51.2 Å². The van der Waals surface area contributed by atoms with Crippen LogP contribution < -0.4 is 4.74 Å². The van der Waals surface area contributed by atoms with Gasteiger partial charge in [-0.2, -0.15) is 0 Å². The zero-order valence-electron chi connectivity index (χ0n) is 13.6. The molecule has 0 aliphatic carbocycles. The molecule has 1 atom stereocenters. The van der Waals surface area contributed by atoms with E-state index in [1.54, 1.807) is 0 Å². The number of ether oxygens (including phenoxy) is 2. The summed E-state index contributed by atoms with van der Waals surface area (Å²) in [6.45, 7) is 9.64. The predicted octanol–water partition coefficient (Wildman–Crippen LogP) is 3.94. The zero-order chi connectivity index (χ0) is 15.6. The van der Waals surface area contributed by atoms with Gasteiger partial charge in [-0.3, -0.25) is 0 Å². The van der Waals surface area contributed by atoms with Crippen LogP contribution in [-0.2, 0) is 11.3 Å². The summed E-state index contributed by atoms with van der Waals surface area (Å²) in [5, 5.41) is 0. The van der Waals surface area contributed by atoms with Gasteiger partial charge in [-0.05, 0) is 63.4 Å². The fourth-order valence-electron chi connectivity index (χ4n) is 2.73. The van der Waals surface area contributed by atoms with Crippen molar-refractivity contribution < 1.29 is 14.3 Å². The van der Waals surface area contributed by atoms with Crippen LogP contribution in [0.2, 0.25) is 0 Å². The van der Waals surface area contributed by atoms with Crippen LogP contribution in [0.5, 0.6) is 5.75 Å². The molecule has 0 fully saturated rings. The standard InChI is InChI=1S/C17H25NO3/c1-6-12-10-18(5)11-13-9-14(7-8-15(12)13)20-16(19)21-17(2,3)4/h7-9,12H,6,10-11H2,1-5H3. The maximum absolute atomic E-state index is 11.7. The molecular weight excluding hydrogens is 266 g/mol. The van der Waals surface area contributed by atoms with Gasteiger partial charge < -0.3 is 14.4 Å². The average Bonchev–Trinajstić information content (AvgIpc) is 2.34. The summed E-state index contributed by atoms with van der Waals surface area (Å²) in [6.07, 6.45) is 0.461. The second-order valence-electron chi connectivity index (χ2n) is 6.73. The number of hydrogen-bond donors (Lipinski definition) is 0. The Balaban J connectivity index is 2.14. The van der Waals surface area contributed by atoms with Crippen LogP contribution in [-0.4, -0.2) is 30.2 Å². The monoisotopic (exact) mass is 291 g/mol. The SMILES string of the molecule is CCC1CN(C)Cc2cc(OC(=O)OC(C)(C)C)ccc21. The van der Waals surface area contributed by atoms with Crippen LogP contribution in [0.15, 0.2) is 18.2 Å². The summed E-state index contributed by atoms with van der Waals surface area (Å²) in [6, 6.07) is 5.89. The Kier molecular flexibility index (Phi) is 4.57. The largest absolute Gasteiger partial charge is 0.514 e. The lowest BCUT2D eigenvalue weighted by Gasteiger charge is -2.32. The third kappa shape index (κ3) is 4.21. The Morgan fingerprint density at radius 1 is 1.38 bits per heavy atom. The average molecular weight is 291 g/mol. The molecule has 1 aromatic carbocycles. The quantitative estimate of drug-likeness (QED) is 0.611. The van der Waals surface area contributed by atoms with Crippen molar-refractivity contribution >= 4 is 6.16 Å². The molecule has 21 heavy (non-hydrogen) atoms. The summed E-state index contributed by atoms with van der Waals surface area (Å²) in [7, 11) is 2.12. The van der Waals surface area contributed by atoms with Crippen LogP contribution >= 0.6 is 0 Å². The minimum absolute atomic E-state index is 0.543. The molecule has 116 valence electrons. The predicted molar refractivity (Wildman–Crippen MR) is 82.7 cm³/mol. The molecule has 0 aromatic heterocycles. The number of carbonyl (C=O) groups excluding carboxylic acids is 1. The summed E-state index contributed by atoms with van der Waals surface area (Å²) in [4.78, 5) is 14.0. The van der Waals surface area contributed by atoms with Gasteiger partial charge in [0, 0.05) is 13.1 Å². The normalized spacial score (nSPS) is 19.0. The molecule has 4 heteroatoms. The van der Waals surface area contributed by atoms with Gasteiger partial charge >= 0.3 is 6.16 Å². The topological polar surface area (TPSA) is 38.8 Å². The minimum atomic E-state index is -0.654. The van der Waals surface area contributed by atoms with E-state index in [2.05, 4.69) is 24.9 Å². The Labute approximate surface area is 127 Å². The van der Waals surface area contributed by atoms with E-state index in [0.717, 1.165) is 19.5 Å². The van der Waals surface area contributed by atoms with E-state index in [1.165, 1.54) is 11.1 Å². The van der Waals surface area contributed by atoms with E-state index >= 15 is 0 Å². The Bertz CT molecular complexity index is 519. The first kappa shape index (κ1) is 15.8. The van der Waals surface area contributed by atoms with E-state index in [-0.39, 0.29) is 0 Å². The third-order valence-corrected chi connectivity index (χ3v) is 3.61. The molecule has 1 unspecified atom stereocenters. The van der Waals surface area contributed by atoms with E-state index in [0.29, 0.717) is 11.7 Å². The van der Waals surface area contributed by atoms with Gasteiger partial charge in [0.15, 0.2) is 0 Å². The molecule has 0 saturated heterocycles. The molecule has 0 amide bonds. The van der Waals surface area contributed by atoms with Crippen molar-refractivity contribution in [2.75, 3.05) is 13.6 Å². The Morgan fingerprint density at radius 2 is 2.10 bits per heavy atom. The van der Waals surface area contributed by atoms with Gasteiger partial charge in [0.2, 0.25) is 0 Å². The van der Waals surface area contributed by atoms with Gasteiger partial charge in [-0.1, -0.05) is 13.0 Å². The highest BCUT2D eigenvalue weighted by Crippen LogP contribution is 2.32. The smallest absolute Gasteiger partial charge is 0.428 e. The maximum Gasteiger partial charge on any atom is 0.514 e. The van der Waals surface area contributed by atoms with E-state index in [9.17, 15) is 4.79 Å². The maximum atomic E-state index is 11.7. The summed E-state index contributed by atoms with van der Waals surface area (Å²) in [5.74, 6) is 1.10. The molecule has 1 aliphatic heterocycles. The number of rotatable bonds is 2. The van der Waals surface area contributed by atoms with Gasteiger partial charge in [0.1, 0.15) is 11.4 Å². The lowest BCUT2D eigenvalue weighted by Crippen LogP contribution is -2.30. The number of hydrogen-bond acceptors (Lipinski definition) is 4. The highest BCUT2D eigenvalue weighted by molar-refractivity contribution is 5.64. The van der Waals surface area contributed by atoms with Crippen molar-refractivity contribution in [3.63, 3.8) is 0 Å². The van der Waals surface area contributed by atoms with Gasteiger partial charge in [-0.25, -0.2) is 4.79 Å². The number of likely N-dealkylation sites (N-methyl/N-ethyl adjacent to an activating group) is 1. The second-order valence-corrected chi connectivity index (χ2v) is 6.73. The molecule has 4 nitrogen and oxygen atoms in total. The van der Waals surface area contributed by atoms with E-state index in [1.807, 2.05) is 32.9 Å². The molecule has 1 aliphatic rings. The van der Waals surface area contributed by atoms with Crippen LogP contribution in [0.3, 0.4) is 0 Å². The molecule has 0 spiro atoms. The van der Waals surface area contributed by atoms with Crippen LogP contribution in [0, 0.1) is 0 Å². The summed E-state index contributed by atoms with van der Waals surface area (Å²) >= 11 is 0. The minimum Gasteiger partial charge on any atom is -0.428 e. The number of carbonyl (C=O) groups is 1. The van der Waals surface area contributed by atoms with Crippen molar-refractivity contribution in [3.05, 3.63) is 29.3 Å². The molecule has 0 N–H and O–H groups in total. The lowest BCUT2D eigenvalue weighted by atomic mass is 9.88. The molecule has 0 bridgehead atoms. The third-order valence-electron chi connectivity index (χ3n) is 3.61. The fraction of sp³-hybridized carbons (Fsp3) is 0.588. The lowest BCUT2D eigenvalue weighted by molar-refractivity contribution is 0.0206. The number of nitrogens with zero attached hydrogens (tertiary/aromatic N) is 1. The van der Waals surface area contributed by atoms with Gasteiger partial charge in [0.25, 0.3) is 0 Å². The molecule has 1 aromatic rings. The highest BCUT2D eigenvalue weighted by atomic mass is 16.7. The van der Waals surface area contributed by atoms with Gasteiger partial charge in [-0.15, -0.1) is 0 Å². The molecule has 2 rings (SSSR count). The van der Waals surface area contributed by atoms with E-state index < -0.39 is 11.8 Å². The molecule has 1 heterocycles. The Morgan fingerprint density at radius 3 is 2.71 bits per heavy atom. The van der Waals surface area contributed by atoms with Crippen molar-refractivity contribution in [3.8, 4) is 5.75 Å². The first-order chi connectivity index (χ1) is 9.78. The molecule has 0 saturated carbocycles. The fourth-order valence-corrected chi connectivity index (χ4v) is 2.73. The van der Waals surface area contributed by atoms with Crippen LogP contribution in [0.25, 0.3) is 0 Å². The first-order valence-electron chi connectivity index (χ1n) is 7.50. The number of benzene rings is 1. The van der Waals surface area contributed by atoms with Crippen molar-refractivity contribution in [1.29, 1.82) is 0 Å². The molecule has 0 radical (unpaired) electrons. The highest BCUT2D eigenvalue weighted by Gasteiger charge is 2.23. The zero-order valence-corrected chi connectivity index (χ0v) is 13.6. The second kappa shape index (κ2) is 6.06. The Hall–Kier alpha value is -1.55. The van der Waals surface area contributed by atoms with Crippen molar-refractivity contribution in [2.24, 2.45) is 0 Å².